The first kappa shape index (κ1) is 14.7. The van der Waals surface area contributed by atoms with Gasteiger partial charge in [0.05, 0.1) is 11.1 Å². The summed E-state index contributed by atoms with van der Waals surface area (Å²) in [5.41, 5.74) is 0. The fourth-order valence-electron chi connectivity index (χ4n) is 1.28. The van der Waals surface area contributed by atoms with Crippen molar-refractivity contribution in [3.05, 3.63) is 34.3 Å². The van der Waals surface area contributed by atoms with Gasteiger partial charge in [-0.15, -0.1) is 4.98 Å². The molecule has 0 saturated heterocycles. The topological polar surface area (TPSA) is 57.1 Å². The van der Waals surface area contributed by atoms with Crippen molar-refractivity contribution in [2.24, 2.45) is 0 Å². The molecule has 0 aliphatic carbocycles. The summed E-state index contributed by atoms with van der Waals surface area (Å²) < 4.78 is 23.6. The minimum Gasteiger partial charge on any atom is -0.461 e. The van der Waals surface area contributed by atoms with Gasteiger partial charge in [0.25, 0.3) is 0 Å². The molecule has 0 aliphatic heterocycles. The normalized spacial score (nSPS) is 10.7. The molecule has 5 nitrogen and oxygen atoms in total. The molecule has 0 spiro atoms. The SMILES string of the molecule is CC(C)Oc1nc(Cl)nc(Oc2ccc(F)cc2Cl)n1. The van der Waals surface area contributed by atoms with E-state index in [1.807, 2.05) is 13.8 Å². The van der Waals surface area contributed by atoms with Crippen LogP contribution in [0.2, 0.25) is 10.3 Å². The summed E-state index contributed by atoms with van der Waals surface area (Å²) in [5.74, 6) is -0.273. The lowest BCUT2D eigenvalue weighted by atomic mass is 10.3. The van der Waals surface area contributed by atoms with Gasteiger partial charge in [-0.1, -0.05) is 11.6 Å². The molecule has 2 aromatic rings. The molecule has 0 unspecified atom stereocenters. The van der Waals surface area contributed by atoms with E-state index in [9.17, 15) is 4.39 Å². The summed E-state index contributed by atoms with van der Waals surface area (Å²) in [5, 5.41) is 0.0109. The Balaban J connectivity index is 2.26. The maximum Gasteiger partial charge on any atom is 0.329 e. The zero-order valence-electron chi connectivity index (χ0n) is 10.6. The highest BCUT2D eigenvalue weighted by Crippen LogP contribution is 2.29. The summed E-state index contributed by atoms with van der Waals surface area (Å²) in [6.07, 6.45) is -0.129. The van der Waals surface area contributed by atoms with Crippen LogP contribution in [-0.4, -0.2) is 21.1 Å². The van der Waals surface area contributed by atoms with Gasteiger partial charge in [-0.25, -0.2) is 4.39 Å². The van der Waals surface area contributed by atoms with E-state index in [-0.39, 0.29) is 34.2 Å². The van der Waals surface area contributed by atoms with Crippen LogP contribution in [0.3, 0.4) is 0 Å². The molecule has 1 aromatic carbocycles. The number of ether oxygens (including phenoxy) is 2. The monoisotopic (exact) mass is 317 g/mol. The van der Waals surface area contributed by atoms with E-state index < -0.39 is 5.82 Å². The number of aromatic nitrogens is 3. The molecular weight excluding hydrogens is 308 g/mol. The van der Waals surface area contributed by atoms with Crippen LogP contribution in [0.15, 0.2) is 18.2 Å². The standard InChI is InChI=1S/C12H10Cl2FN3O2/c1-6(2)19-11-16-10(14)17-12(18-11)20-9-4-3-7(15)5-8(9)13/h3-6H,1-2H3. The third-order valence-electron chi connectivity index (χ3n) is 2.00. The van der Waals surface area contributed by atoms with E-state index in [1.165, 1.54) is 12.1 Å². The second-order valence-corrected chi connectivity index (χ2v) is 4.76. The summed E-state index contributed by atoms with van der Waals surface area (Å²) >= 11 is 11.6. The third kappa shape index (κ3) is 3.91. The summed E-state index contributed by atoms with van der Waals surface area (Å²) in [6, 6.07) is 3.63. The van der Waals surface area contributed by atoms with Crippen molar-refractivity contribution in [3.63, 3.8) is 0 Å². The van der Waals surface area contributed by atoms with Crippen molar-refractivity contribution >= 4 is 23.2 Å². The molecule has 0 saturated carbocycles. The molecule has 0 fully saturated rings. The molecule has 0 radical (unpaired) electrons. The van der Waals surface area contributed by atoms with Gasteiger partial charge in [0.15, 0.2) is 0 Å². The van der Waals surface area contributed by atoms with Gasteiger partial charge in [0.2, 0.25) is 5.28 Å². The lowest BCUT2D eigenvalue weighted by Gasteiger charge is -2.09. The molecule has 20 heavy (non-hydrogen) atoms. The Kier molecular flexibility index (Phi) is 4.57. The van der Waals surface area contributed by atoms with Crippen molar-refractivity contribution in [2.75, 3.05) is 0 Å². The fourth-order valence-corrected chi connectivity index (χ4v) is 1.63. The highest BCUT2D eigenvalue weighted by molar-refractivity contribution is 6.32. The van der Waals surface area contributed by atoms with Crippen LogP contribution in [0.4, 0.5) is 4.39 Å². The summed E-state index contributed by atoms with van der Waals surface area (Å²) in [6.45, 7) is 3.63. The van der Waals surface area contributed by atoms with E-state index in [0.29, 0.717) is 0 Å². The lowest BCUT2D eigenvalue weighted by molar-refractivity contribution is 0.218. The Hall–Kier alpha value is -1.66. The minimum absolute atomic E-state index is 0.0354. The lowest BCUT2D eigenvalue weighted by Crippen LogP contribution is -2.09. The van der Waals surface area contributed by atoms with Crippen LogP contribution >= 0.6 is 23.2 Å². The first-order valence-corrected chi connectivity index (χ1v) is 6.41. The largest absolute Gasteiger partial charge is 0.461 e. The number of hydrogen-bond acceptors (Lipinski definition) is 5. The van der Waals surface area contributed by atoms with E-state index in [4.69, 9.17) is 32.7 Å². The molecule has 0 aliphatic rings. The Morgan fingerprint density at radius 2 is 1.80 bits per heavy atom. The molecule has 8 heteroatoms. The van der Waals surface area contributed by atoms with Crippen molar-refractivity contribution in [2.45, 2.75) is 20.0 Å². The van der Waals surface area contributed by atoms with E-state index in [2.05, 4.69) is 15.0 Å². The molecule has 106 valence electrons. The van der Waals surface area contributed by atoms with Crippen LogP contribution in [0.1, 0.15) is 13.8 Å². The van der Waals surface area contributed by atoms with Crippen molar-refractivity contribution in [3.8, 4) is 17.8 Å². The smallest absolute Gasteiger partial charge is 0.329 e. The number of benzene rings is 1. The quantitative estimate of drug-likeness (QED) is 0.856. The molecule has 0 bridgehead atoms. The molecule has 1 heterocycles. The molecule has 1 aromatic heterocycles. The van der Waals surface area contributed by atoms with E-state index in [1.54, 1.807) is 0 Å². The van der Waals surface area contributed by atoms with E-state index in [0.717, 1.165) is 6.07 Å². The van der Waals surface area contributed by atoms with Crippen molar-refractivity contribution in [1.82, 2.24) is 15.0 Å². The predicted molar refractivity (Wildman–Crippen MR) is 72.1 cm³/mol. The van der Waals surface area contributed by atoms with Gasteiger partial charge >= 0.3 is 12.0 Å². The van der Waals surface area contributed by atoms with Gasteiger partial charge < -0.3 is 9.47 Å². The van der Waals surface area contributed by atoms with Gasteiger partial charge in [-0.05, 0) is 43.6 Å². The van der Waals surface area contributed by atoms with Crippen LogP contribution in [0, 0.1) is 5.82 Å². The average molecular weight is 318 g/mol. The van der Waals surface area contributed by atoms with Crippen molar-refractivity contribution in [1.29, 1.82) is 0 Å². The average Bonchev–Trinajstić information content (AvgIpc) is 2.31. The van der Waals surface area contributed by atoms with Crippen molar-refractivity contribution < 1.29 is 13.9 Å². The summed E-state index contributed by atoms with van der Waals surface area (Å²) in [4.78, 5) is 11.5. The van der Waals surface area contributed by atoms with Gasteiger partial charge in [0, 0.05) is 0 Å². The zero-order chi connectivity index (χ0) is 14.7. The van der Waals surface area contributed by atoms with Gasteiger partial charge in [-0.2, -0.15) is 9.97 Å². The Labute approximate surface area is 124 Å². The van der Waals surface area contributed by atoms with Gasteiger partial charge in [-0.3, -0.25) is 0 Å². The number of hydrogen-bond donors (Lipinski definition) is 0. The van der Waals surface area contributed by atoms with Gasteiger partial charge in [0.1, 0.15) is 11.6 Å². The molecular formula is C12H10Cl2FN3O2. The van der Waals surface area contributed by atoms with Crippen LogP contribution in [-0.2, 0) is 0 Å². The number of halogens is 3. The number of rotatable bonds is 4. The highest BCUT2D eigenvalue weighted by Gasteiger charge is 2.11. The minimum atomic E-state index is -0.472. The molecule has 0 N–H and O–H groups in total. The molecule has 0 atom stereocenters. The Morgan fingerprint density at radius 1 is 1.10 bits per heavy atom. The Morgan fingerprint density at radius 3 is 2.45 bits per heavy atom. The second kappa shape index (κ2) is 6.19. The Bertz CT molecular complexity index is 626. The third-order valence-corrected chi connectivity index (χ3v) is 2.47. The maximum absolute atomic E-state index is 12.9. The fraction of sp³-hybridized carbons (Fsp3) is 0.250. The number of nitrogens with zero attached hydrogens (tertiary/aromatic N) is 3. The zero-order valence-corrected chi connectivity index (χ0v) is 12.1. The highest BCUT2D eigenvalue weighted by atomic mass is 35.5. The first-order chi connectivity index (χ1) is 9.44. The predicted octanol–water partition coefficient (Wildman–Crippen LogP) is 3.90. The molecule has 2 rings (SSSR count). The summed E-state index contributed by atoms with van der Waals surface area (Å²) in [7, 11) is 0. The van der Waals surface area contributed by atoms with Crippen LogP contribution in [0.5, 0.6) is 17.8 Å². The molecule has 0 amide bonds. The first-order valence-electron chi connectivity index (χ1n) is 5.65. The maximum atomic E-state index is 12.9. The van der Waals surface area contributed by atoms with Crippen LogP contribution < -0.4 is 9.47 Å². The van der Waals surface area contributed by atoms with Crippen LogP contribution in [0.25, 0.3) is 0 Å². The van der Waals surface area contributed by atoms with E-state index >= 15 is 0 Å². The second-order valence-electron chi connectivity index (χ2n) is 4.01.